The third-order valence-electron chi connectivity index (χ3n) is 4.99. The number of hydrogen-bond donors (Lipinski definition) is 2. The Bertz CT molecular complexity index is 821. The number of anilines is 3. The number of carboxylic acid groups (broad SMARTS) is 1. The molecule has 1 aliphatic rings. The molecule has 2 N–H and O–H groups in total. The monoisotopic (exact) mass is 368 g/mol. The van der Waals surface area contributed by atoms with Crippen LogP contribution in [0.25, 0.3) is 0 Å². The van der Waals surface area contributed by atoms with Crippen LogP contribution in [0.3, 0.4) is 0 Å². The first-order chi connectivity index (χ1) is 12.7. The standard InChI is InChI=1S/C21H28N4O2/c1-14-22-18(24-17-8-6-5-7-16(17)21(2,3)4)13-19(23-14)25-11-9-15(10-12-25)20(26)27/h5-8,13,15H,9-12H2,1-4H3,(H,26,27)(H,22,23,24). The highest BCUT2D eigenvalue weighted by atomic mass is 16.4. The first kappa shape index (κ1) is 19.1. The summed E-state index contributed by atoms with van der Waals surface area (Å²) in [6.45, 7) is 9.86. The molecule has 0 aliphatic carbocycles. The summed E-state index contributed by atoms with van der Waals surface area (Å²) >= 11 is 0. The Kier molecular flexibility index (Phi) is 5.35. The van der Waals surface area contributed by atoms with Crippen molar-refractivity contribution >= 4 is 23.3 Å². The second kappa shape index (κ2) is 7.55. The fourth-order valence-corrected chi connectivity index (χ4v) is 3.52. The Morgan fingerprint density at radius 2 is 1.85 bits per heavy atom. The van der Waals surface area contributed by atoms with E-state index < -0.39 is 5.97 Å². The zero-order chi connectivity index (χ0) is 19.6. The van der Waals surface area contributed by atoms with Gasteiger partial charge in [0.1, 0.15) is 17.5 Å². The van der Waals surface area contributed by atoms with Crippen LogP contribution in [0, 0.1) is 12.8 Å². The van der Waals surface area contributed by atoms with Crippen molar-refractivity contribution in [1.82, 2.24) is 9.97 Å². The predicted octanol–water partition coefficient (Wildman–Crippen LogP) is 4.13. The van der Waals surface area contributed by atoms with Gasteiger partial charge in [-0.2, -0.15) is 0 Å². The van der Waals surface area contributed by atoms with Gasteiger partial charge in [-0.05, 0) is 36.8 Å². The maximum atomic E-state index is 11.2. The fraction of sp³-hybridized carbons (Fsp3) is 0.476. The molecule has 3 rings (SSSR count). The number of nitrogens with one attached hydrogen (secondary N) is 1. The summed E-state index contributed by atoms with van der Waals surface area (Å²) in [4.78, 5) is 22.4. The zero-order valence-corrected chi connectivity index (χ0v) is 16.5. The van der Waals surface area contributed by atoms with Gasteiger partial charge in [0, 0.05) is 24.8 Å². The van der Waals surface area contributed by atoms with Crippen LogP contribution in [0.4, 0.5) is 17.3 Å². The van der Waals surface area contributed by atoms with Gasteiger partial charge >= 0.3 is 5.97 Å². The van der Waals surface area contributed by atoms with Crippen LogP contribution in [-0.4, -0.2) is 34.1 Å². The summed E-state index contributed by atoms with van der Waals surface area (Å²) in [5.74, 6) is 1.36. The van der Waals surface area contributed by atoms with Crippen LogP contribution in [-0.2, 0) is 10.2 Å². The molecule has 0 saturated carbocycles. The molecule has 0 radical (unpaired) electrons. The Labute approximate surface area is 160 Å². The second-order valence-corrected chi connectivity index (χ2v) is 8.18. The lowest BCUT2D eigenvalue weighted by Crippen LogP contribution is -2.36. The molecule has 2 aromatic rings. The number of rotatable bonds is 4. The van der Waals surface area contributed by atoms with Crippen LogP contribution in [0.5, 0.6) is 0 Å². The molecule has 2 heterocycles. The number of aryl methyl sites for hydroxylation is 1. The summed E-state index contributed by atoms with van der Waals surface area (Å²) in [5, 5.41) is 12.6. The summed E-state index contributed by atoms with van der Waals surface area (Å²) < 4.78 is 0. The molecule has 1 fully saturated rings. The predicted molar refractivity (Wildman–Crippen MR) is 108 cm³/mol. The number of para-hydroxylation sites is 1. The first-order valence-electron chi connectivity index (χ1n) is 9.44. The van der Waals surface area contributed by atoms with Gasteiger partial charge in [0.2, 0.25) is 0 Å². The van der Waals surface area contributed by atoms with Crippen LogP contribution >= 0.6 is 0 Å². The van der Waals surface area contributed by atoms with E-state index in [4.69, 9.17) is 0 Å². The summed E-state index contributed by atoms with van der Waals surface area (Å²) in [6, 6.07) is 10.2. The minimum absolute atomic E-state index is 0.0210. The topological polar surface area (TPSA) is 78.4 Å². The molecule has 1 saturated heterocycles. The van der Waals surface area contributed by atoms with Crippen LogP contribution in [0.1, 0.15) is 45.0 Å². The van der Waals surface area contributed by atoms with E-state index in [1.165, 1.54) is 5.56 Å². The molecule has 0 amide bonds. The van der Waals surface area contributed by atoms with Crippen molar-refractivity contribution < 1.29 is 9.90 Å². The highest BCUT2D eigenvalue weighted by Crippen LogP contribution is 2.32. The number of carboxylic acids is 1. The average molecular weight is 368 g/mol. The van der Waals surface area contributed by atoms with Gasteiger partial charge < -0.3 is 15.3 Å². The second-order valence-electron chi connectivity index (χ2n) is 8.18. The molecule has 1 aromatic carbocycles. The Morgan fingerprint density at radius 3 is 2.48 bits per heavy atom. The molecule has 0 atom stereocenters. The molecule has 0 unspecified atom stereocenters. The van der Waals surface area contributed by atoms with E-state index in [0.29, 0.717) is 31.8 Å². The Hall–Kier alpha value is -2.63. The van der Waals surface area contributed by atoms with Crippen molar-refractivity contribution in [2.24, 2.45) is 5.92 Å². The van der Waals surface area contributed by atoms with Crippen molar-refractivity contribution in [3.05, 3.63) is 41.7 Å². The molecule has 1 aromatic heterocycles. The number of aromatic nitrogens is 2. The first-order valence-corrected chi connectivity index (χ1v) is 9.44. The summed E-state index contributed by atoms with van der Waals surface area (Å²) in [6.07, 6.45) is 1.29. The van der Waals surface area contributed by atoms with Gasteiger partial charge in [-0.1, -0.05) is 39.0 Å². The number of benzene rings is 1. The quantitative estimate of drug-likeness (QED) is 0.845. The molecule has 6 nitrogen and oxygen atoms in total. The SMILES string of the molecule is Cc1nc(Nc2ccccc2C(C)(C)C)cc(N2CCC(C(=O)O)CC2)n1. The van der Waals surface area contributed by atoms with E-state index in [-0.39, 0.29) is 11.3 Å². The van der Waals surface area contributed by atoms with Crippen molar-refractivity contribution in [2.75, 3.05) is 23.3 Å². The Morgan fingerprint density at radius 1 is 1.19 bits per heavy atom. The lowest BCUT2D eigenvalue weighted by atomic mass is 9.86. The van der Waals surface area contributed by atoms with Gasteiger partial charge in [-0.3, -0.25) is 4.79 Å². The van der Waals surface area contributed by atoms with Gasteiger partial charge in [0.15, 0.2) is 0 Å². The summed E-state index contributed by atoms with van der Waals surface area (Å²) in [5.41, 5.74) is 2.29. The molecule has 27 heavy (non-hydrogen) atoms. The smallest absolute Gasteiger partial charge is 0.306 e. The minimum Gasteiger partial charge on any atom is -0.481 e. The van der Waals surface area contributed by atoms with E-state index in [2.05, 4.69) is 59.2 Å². The molecular weight excluding hydrogens is 340 g/mol. The van der Waals surface area contributed by atoms with Crippen molar-refractivity contribution in [2.45, 2.75) is 46.0 Å². The van der Waals surface area contributed by atoms with Crippen molar-refractivity contribution in [3.8, 4) is 0 Å². The third kappa shape index (κ3) is 4.56. The largest absolute Gasteiger partial charge is 0.481 e. The van der Waals surface area contributed by atoms with Gasteiger partial charge in [0.25, 0.3) is 0 Å². The highest BCUT2D eigenvalue weighted by molar-refractivity contribution is 5.70. The number of nitrogens with zero attached hydrogens (tertiary/aromatic N) is 3. The van der Waals surface area contributed by atoms with Crippen LogP contribution in [0.15, 0.2) is 30.3 Å². The zero-order valence-electron chi connectivity index (χ0n) is 16.5. The third-order valence-corrected chi connectivity index (χ3v) is 4.99. The molecule has 6 heteroatoms. The minimum atomic E-state index is -0.699. The van der Waals surface area contributed by atoms with Crippen LogP contribution < -0.4 is 10.2 Å². The maximum Gasteiger partial charge on any atom is 0.306 e. The lowest BCUT2D eigenvalue weighted by Gasteiger charge is -2.31. The van der Waals surface area contributed by atoms with E-state index in [0.717, 1.165) is 17.3 Å². The molecule has 144 valence electrons. The molecular formula is C21H28N4O2. The fourth-order valence-electron chi connectivity index (χ4n) is 3.52. The van der Waals surface area contributed by atoms with Crippen LogP contribution in [0.2, 0.25) is 0 Å². The number of carbonyl (C=O) groups is 1. The van der Waals surface area contributed by atoms with Gasteiger partial charge in [-0.25, -0.2) is 9.97 Å². The maximum absolute atomic E-state index is 11.2. The Balaban J connectivity index is 1.82. The van der Waals surface area contributed by atoms with E-state index >= 15 is 0 Å². The summed E-state index contributed by atoms with van der Waals surface area (Å²) in [7, 11) is 0. The average Bonchev–Trinajstić information content (AvgIpc) is 2.61. The molecule has 1 aliphatic heterocycles. The van der Waals surface area contributed by atoms with E-state index in [1.54, 1.807) is 0 Å². The molecule has 0 spiro atoms. The van der Waals surface area contributed by atoms with Crippen molar-refractivity contribution in [1.29, 1.82) is 0 Å². The van der Waals surface area contributed by atoms with Gasteiger partial charge in [0.05, 0.1) is 5.92 Å². The molecule has 0 bridgehead atoms. The highest BCUT2D eigenvalue weighted by Gasteiger charge is 2.25. The van der Waals surface area contributed by atoms with Crippen molar-refractivity contribution in [3.63, 3.8) is 0 Å². The normalized spacial score (nSPS) is 15.6. The van der Waals surface area contributed by atoms with Gasteiger partial charge in [-0.15, -0.1) is 0 Å². The number of hydrogen-bond acceptors (Lipinski definition) is 5. The lowest BCUT2D eigenvalue weighted by molar-refractivity contribution is -0.142. The van der Waals surface area contributed by atoms with E-state index in [9.17, 15) is 9.90 Å². The number of aliphatic carboxylic acids is 1. The number of piperidine rings is 1. The van der Waals surface area contributed by atoms with E-state index in [1.807, 2.05) is 19.1 Å².